The quantitative estimate of drug-likeness (QED) is 0.896. The topological polar surface area (TPSA) is 82.5 Å². The predicted octanol–water partition coefficient (Wildman–Crippen LogP) is 2.35. The zero-order valence-corrected chi connectivity index (χ0v) is 11.9. The fourth-order valence-electron chi connectivity index (χ4n) is 2.44. The van der Waals surface area contributed by atoms with E-state index in [4.69, 9.17) is 5.11 Å². The predicted molar refractivity (Wildman–Crippen MR) is 75.0 cm³/mol. The van der Waals surface area contributed by atoms with Gasteiger partial charge in [0.25, 0.3) is 0 Å². The normalized spacial score (nSPS) is 22.6. The van der Waals surface area contributed by atoms with Gasteiger partial charge >= 0.3 is 12.0 Å². The highest BCUT2D eigenvalue weighted by molar-refractivity contribution is 7.13. The molecule has 0 aromatic carbocycles. The molecule has 0 radical (unpaired) electrons. The molecule has 2 amide bonds. The van der Waals surface area contributed by atoms with Crippen molar-refractivity contribution in [2.45, 2.75) is 31.6 Å². The Bertz CT molecular complexity index is 527. The van der Waals surface area contributed by atoms with E-state index >= 15 is 0 Å². The van der Waals surface area contributed by atoms with Crippen LogP contribution in [0, 0.1) is 5.92 Å². The third-order valence-electron chi connectivity index (χ3n) is 3.79. The SMILES string of the molecule is O=C(O)C1CCCN(C(=O)Nc2nc(C3CC3)cs2)C1. The number of hydrogen-bond donors (Lipinski definition) is 2. The highest BCUT2D eigenvalue weighted by Gasteiger charge is 2.29. The zero-order chi connectivity index (χ0) is 14.1. The molecule has 2 fully saturated rings. The van der Waals surface area contributed by atoms with Crippen LogP contribution in [0.2, 0.25) is 0 Å². The fraction of sp³-hybridized carbons (Fsp3) is 0.615. The van der Waals surface area contributed by atoms with E-state index in [9.17, 15) is 9.59 Å². The van der Waals surface area contributed by atoms with Crippen LogP contribution >= 0.6 is 11.3 Å². The second kappa shape index (κ2) is 5.40. The number of anilines is 1. The van der Waals surface area contributed by atoms with E-state index in [1.807, 2.05) is 5.38 Å². The third kappa shape index (κ3) is 2.92. The molecule has 0 bridgehead atoms. The monoisotopic (exact) mass is 295 g/mol. The summed E-state index contributed by atoms with van der Waals surface area (Å²) in [7, 11) is 0. The summed E-state index contributed by atoms with van der Waals surface area (Å²) in [4.78, 5) is 29.1. The molecule has 2 heterocycles. The Balaban J connectivity index is 1.58. The van der Waals surface area contributed by atoms with Gasteiger partial charge < -0.3 is 10.0 Å². The number of aromatic nitrogens is 1. The van der Waals surface area contributed by atoms with Crippen molar-refractivity contribution in [3.05, 3.63) is 11.1 Å². The number of urea groups is 1. The maximum absolute atomic E-state index is 12.1. The molecule has 3 rings (SSSR count). The molecule has 1 saturated heterocycles. The van der Waals surface area contributed by atoms with E-state index in [2.05, 4.69) is 10.3 Å². The van der Waals surface area contributed by atoms with Crippen LogP contribution in [0.4, 0.5) is 9.93 Å². The van der Waals surface area contributed by atoms with Crippen LogP contribution in [0.1, 0.15) is 37.3 Å². The molecular formula is C13H17N3O3S. The number of carboxylic acid groups (broad SMARTS) is 1. The van der Waals surface area contributed by atoms with Crippen molar-refractivity contribution in [3.8, 4) is 0 Å². The average Bonchev–Trinajstić information content (AvgIpc) is 3.20. The average molecular weight is 295 g/mol. The van der Waals surface area contributed by atoms with Crippen LogP contribution in [-0.2, 0) is 4.79 Å². The minimum Gasteiger partial charge on any atom is -0.481 e. The number of likely N-dealkylation sites (tertiary alicyclic amines) is 1. The van der Waals surface area contributed by atoms with Gasteiger partial charge in [0.05, 0.1) is 11.6 Å². The molecule has 1 aromatic rings. The minimum absolute atomic E-state index is 0.243. The van der Waals surface area contributed by atoms with Crippen LogP contribution in [0.15, 0.2) is 5.38 Å². The van der Waals surface area contributed by atoms with E-state index in [1.165, 1.54) is 24.2 Å². The van der Waals surface area contributed by atoms with Gasteiger partial charge in [-0.25, -0.2) is 9.78 Å². The van der Waals surface area contributed by atoms with Crippen LogP contribution < -0.4 is 5.32 Å². The number of hydrogen-bond acceptors (Lipinski definition) is 4. The lowest BCUT2D eigenvalue weighted by molar-refractivity contribution is -0.143. The summed E-state index contributed by atoms with van der Waals surface area (Å²) >= 11 is 1.43. The number of carbonyl (C=O) groups is 2. The first-order valence-electron chi connectivity index (χ1n) is 6.87. The van der Waals surface area contributed by atoms with E-state index < -0.39 is 11.9 Å². The Hall–Kier alpha value is -1.63. The largest absolute Gasteiger partial charge is 0.481 e. The number of amides is 2. The number of nitrogens with one attached hydrogen (secondary N) is 1. The van der Waals surface area contributed by atoms with Crippen molar-refractivity contribution in [2.24, 2.45) is 5.92 Å². The molecule has 6 nitrogen and oxygen atoms in total. The van der Waals surface area contributed by atoms with Gasteiger partial charge in [-0.15, -0.1) is 11.3 Å². The van der Waals surface area contributed by atoms with Gasteiger partial charge in [0.15, 0.2) is 5.13 Å². The standard InChI is InChI=1S/C13H17N3O3S/c17-11(18)9-2-1-5-16(6-9)13(19)15-12-14-10(7-20-12)8-3-4-8/h7-9H,1-6H2,(H,17,18)(H,14,15,19). The molecule has 1 unspecified atom stereocenters. The first-order valence-corrected chi connectivity index (χ1v) is 7.75. The zero-order valence-electron chi connectivity index (χ0n) is 11.0. The lowest BCUT2D eigenvalue weighted by Gasteiger charge is -2.30. The number of nitrogens with zero attached hydrogens (tertiary/aromatic N) is 2. The molecule has 1 aliphatic carbocycles. The van der Waals surface area contributed by atoms with Crippen LogP contribution in [0.5, 0.6) is 0 Å². The lowest BCUT2D eigenvalue weighted by atomic mass is 9.99. The number of carboxylic acids is 1. The van der Waals surface area contributed by atoms with Crippen molar-refractivity contribution in [3.63, 3.8) is 0 Å². The summed E-state index contributed by atoms with van der Waals surface area (Å²) in [6, 6.07) is -0.243. The van der Waals surface area contributed by atoms with Gasteiger partial charge in [-0.3, -0.25) is 10.1 Å². The van der Waals surface area contributed by atoms with E-state index in [0.717, 1.165) is 12.1 Å². The minimum atomic E-state index is -0.826. The van der Waals surface area contributed by atoms with Crippen LogP contribution in [0.25, 0.3) is 0 Å². The van der Waals surface area contributed by atoms with Gasteiger partial charge in [0.2, 0.25) is 0 Å². The maximum atomic E-state index is 12.1. The molecule has 1 atom stereocenters. The Kier molecular flexibility index (Phi) is 3.60. The smallest absolute Gasteiger partial charge is 0.323 e. The van der Waals surface area contributed by atoms with Crippen LogP contribution in [-0.4, -0.2) is 40.1 Å². The molecule has 108 valence electrons. The molecule has 7 heteroatoms. The van der Waals surface area contributed by atoms with Gasteiger partial charge in [0.1, 0.15) is 0 Å². The van der Waals surface area contributed by atoms with Crippen molar-refractivity contribution < 1.29 is 14.7 Å². The second-order valence-electron chi connectivity index (χ2n) is 5.41. The number of carbonyl (C=O) groups excluding carboxylic acids is 1. The van der Waals surface area contributed by atoms with Gasteiger partial charge in [-0.2, -0.15) is 0 Å². The number of thiazole rings is 1. The number of rotatable bonds is 3. The van der Waals surface area contributed by atoms with E-state index in [1.54, 1.807) is 4.90 Å². The Labute approximate surface area is 120 Å². The molecule has 2 aliphatic rings. The first kappa shape index (κ1) is 13.4. The molecule has 0 spiro atoms. The summed E-state index contributed by atoms with van der Waals surface area (Å²) < 4.78 is 0. The third-order valence-corrected chi connectivity index (χ3v) is 4.57. The fourth-order valence-corrected chi connectivity index (χ4v) is 3.23. The second-order valence-corrected chi connectivity index (χ2v) is 6.26. The van der Waals surface area contributed by atoms with Crippen molar-refractivity contribution in [2.75, 3.05) is 18.4 Å². The number of aliphatic carboxylic acids is 1. The summed E-state index contributed by atoms with van der Waals surface area (Å²) in [5, 5.41) is 14.4. The summed E-state index contributed by atoms with van der Waals surface area (Å²) in [6.45, 7) is 0.887. The Morgan fingerprint density at radius 1 is 1.40 bits per heavy atom. The summed E-state index contributed by atoms with van der Waals surface area (Å²) in [6.07, 6.45) is 3.74. The highest BCUT2D eigenvalue weighted by Crippen LogP contribution is 2.40. The molecule has 20 heavy (non-hydrogen) atoms. The molecule has 1 aliphatic heterocycles. The summed E-state index contributed by atoms with van der Waals surface area (Å²) in [5.74, 6) is -0.705. The van der Waals surface area contributed by atoms with Gasteiger partial charge in [-0.1, -0.05) is 0 Å². The molecule has 1 saturated carbocycles. The Morgan fingerprint density at radius 3 is 2.90 bits per heavy atom. The van der Waals surface area contributed by atoms with Crippen molar-refractivity contribution in [1.29, 1.82) is 0 Å². The van der Waals surface area contributed by atoms with Gasteiger partial charge in [-0.05, 0) is 25.7 Å². The molecule has 2 N–H and O–H groups in total. The van der Waals surface area contributed by atoms with Crippen LogP contribution in [0.3, 0.4) is 0 Å². The van der Waals surface area contributed by atoms with E-state index in [0.29, 0.717) is 24.0 Å². The molecule has 1 aromatic heterocycles. The number of piperidine rings is 1. The first-order chi connectivity index (χ1) is 9.63. The summed E-state index contributed by atoms with van der Waals surface area (Å²) in [5.41, 5.74) is 1.06. The lowest BCUT2D eigenvalue weighted by Crippen LogP contribution is -2.44. The van der Waals surface area contributed by atoms with Crippen molar-refractivity contribution >= 4 is 28.5 Å². The van der Waals surface area contributed by atoms with Gasteiger partial charge in [0, 0.05) is 24.4 Å². The maximum Gasteiger partial charge on any atom is 0.323 e. The van der Waals surface area contributed by atoms with E-state index in [-0.39, 0.29) is 12.6 Å². The molecular weight excluding hydrogens is 278 g/mol. The Morgan fingerprint density at radius 2 is 2.20 bits per heavy atom. The van der Waals surface area contributed by atoms with Crippen molar-refractivity contribution in [1.82, 2.24) is 9.88 Å². The highest BCUT2D eigenvalue weighted by atomic mass is 32.1.